The number of thiocarbonyl (C=S) groups is 1. The summed E-state index contributed by atoms with van der Waals surface area (Å²) in [6, 6.07) is 12.0. The Labute approximate surface area is 143 Å². The van der Waals surface area contributed by atoms with Gasteiger partial charge in [0, 0.05) is 17.5 Å². The van der Waals surface area contributed by atoms with Gasteiger partial charge in [-0.25, -0.2) is 0 Å². The monoisotopic (exact) mass is 334 g/mol. The van der Waals surface area contributed by atoms with Crippen LogP contribution in [0.25, 0.3) is 17.2 Å². The first-order valence-electron chi connectivity index (χ1n) is 7.70. The Kier molecular flexibility index (Phi) is 2.59. The lowest BCUT2D eigenvalue weighted by Gasteiger charge is -2.21. The third kappa shape index (κ3) is 1.63. The Hall–Kier alpha value is -2.86. The summed E-state index contributed by atoms with van der Waals surface area (Å²) in [5, 5.41) is 0.402. The normalized spacial score (nSPS) is 18.2. The Balaban J connectivity index is 1.74. The molecule has 2 aliphatic heterocycles. The number of aromatic nitrogens is 3. The van der Waals surface area contributed by atoms with E-state index in [9.17, 15) is 0 Å². The van der Waals surface area contributed by atoms with E-state index in [1.54, 1.807) is 0 Å². The van der Waals surface area contributed by atoms with Crippen LogP contribution >= 0.6 is 12.2 Å². The van der Waals surface area contributed by atoms with Crippen molar-refractivity contribution in [3.05, 3.63) is 65.1 Å². The molecule has 0 aliphatic carbocycles. The van der Waals surface area contributed by atoms with Crippen LogP contribution in [0.2, 0.25) is 0 Å². The van der Waals surface area contributed by atoms with E-state index in [2.05, 4.69) is 23.0 Å². The zero-order valence-electron chi connectivity index (χ0n) is 12.9. The molecule has 0 amide bonds. The van der Waals surface area contributed by atoms with Gasteiger partial charge in [-0.05, 0) is 30.8 Å². The highest BCUT2D eigenvalue weighted by atomic mass is 32.1. The molecule has 0 fully saturated rings. The van der Waals surface area contributed by atoms with E-state index >= 15 is 0 Å². The number of hydrogen-bond acceptors (Lipinski definition) is 4. The topological polar surface area (TPSA) is 68.9 Å². The van der Waals surface area contributed by atoms with Crippen molar-refractivity contribution in [1.29, 1.82) is 0 Å². The molecule has 0 radical (unpaired) electrons. The maximum absolute atomic E-state index is 6.32. The van der Waals surface area contributed by atoms with Crippen LogP contribution in [0.4, 0.5) is 0 Å². The number of fused-ring (bicyclic) bond motifs is 5. The standard InChI is InChI=1S/C18H14N4OS/c1-9-7-8-22-14(9)11-12(15(22)19)18(24)23-17-13(11)20-16(21-17)10-5-3-2-4-6-10/h2-8,11H,19H2,1H3,(H,20,21). The number of aromatic amines is 1. The van der Waals surface area contributed by atoms with Gasteiger partial charge < -0.3 is 20.0 Å². The maximum atomic E-state index is 6.32. The molecule has 24 heavy (non-hydrogen) atoms. The van der Waals surface area contributed by atoms with Gasteiger partial charge in [0.15, 0.2) is 0 Å². The van der Waals surface area contributed by atoms with Crippen molar-refractivity contribution in [3.63, 3.8) is 0 Å². The minimum absolute atomic E-state index is 0.0544. The number of ether oxygens (including phenoxy) is 1. The molecule has 3 aromatic rings. The smallest absolute Gasteiger partial charge is 0.243 e. The molecule has 1 unspecified atom stereocenters. The van der Waals surface area contributed by atoms with Crippen LogP contribution < -0.4 is 10.5 Å². The summed E-state index contributed by atoms with van der Waals surface area (Å²) in [6.45, 7) is 2.08. The van der Waals surface area contributed by atoms with Crippen molar-refractivity contribution in [2.75, 3.05) is 0 Å². The van der Waals surface area contributed by atoms with Crippen molar-refractivity contribution in [1.82, 2.24) is 14.5 Å². The Bertz CT molecular complexity index is 1030. The van der Waals surface area contributed by atoms with Crippen LogP contribution in [0.3, 0.4) is 0 Å². The second-order valence-corrected chi connectivity index (χ2v) is 6.42. The summed E-state index contributed by atoms with van der Waals surface area (Å²) in [7, 11) is 0. The van der Waals surface area contributed by atoms with Gasteiger partial charge in [0.1, 0.15) is 11.6 Å². The number of nitrogens with two attached hydrogens (primary N) is 1. The van der Waals surface area contributed by atoms with Crippen molar-refractivity contribution >= 4 is 23.1 Å². The molecule has 5 nitrogen and oxygen atoms in total. The maximum Gasteiger partial charge on any atom is 0.243 e. The Morgan fingerprint density at radius 2 is 2.04 bits per heavy atom. The minimum Gasteiger partial charge on any atom is -0.425 e. The van der Waals surface area contributed by atoms with Crippen molar-refractivity contribution < 1.29 is 4.74 Å². The average Bonchev–Trinajstić information content (AvgIpc) is 3.24. The van der Waals surface area contributed by atoms with Crippen LogP contribution in [-0.2, 0) is 0 Å². The summed E-state index contributed by atoms with van der Waals surface area (Å²) in [5.41, 5.74) is 11.4. The van der Waals surface area contributed by atoms with Gasteiger partial charge in [-0.3, -0.25) is 0 Å². The minimum atomic E-state index is -0.0544. The summed E-state index contributed by atoms with van der Waals surface area (Å²) in [6.07, 6.45) is 1.97. The first kappa shape index (κ1) is 13.6. The third-order valence-electron chi connectivity index (χ3n) is 4.68. The predicted octanol–water partition coefficient (Wildman–Crippen LogP) is 3.18. The molecule has 0 bridgehead atoms. The number of nitrogens with zero attached hydrogens (tertiary/aromatic N) is 2. The molecule has 1 atom stereocenters. The molecule has 0 spiro atoms. The number of benzene rings is 1. The van der Waals surface area contributed by atoms with Crippen LogP contribution in [-0.4, -0.2) is 19.6 Å². The lowest BCUT2D eigenvalue weighted by atomic mass is 9.91. The Morgan fingerprint density at radius 3 is 2.83 bits per heavy atom. The molecule has 118 valence electrons. The molecule has 4 heterocycles. The SMILES string of the molecule is Cc1ccn2c1C1C(=C2N)C(=S)Oc2nc(-c3ccccc3)[nH]c21. The molecule has 5 rings (SSSR count). The van der Waals surface area contributed by atoms with Gasteiger partial charge in [0.25, 0.3) is 0 Å². The number of rotatable bonds is 1. The Morgan fingerprint density at radius 1 is 1.25 bits per heavy atom. The summed E-state index contributed by atoms with van der Waals surface area (Å²) in [5.74, 6) is 1.89. The average molecular weight is 334 g/mol. The van der Waals surface area contributed by atoms with Crippen molar-refractivity contribution in [2.45, 2.75) is 12.8 Å². The second kappa shape index (κ2) is 4.58. The fourth-order valence-electron chi connectivity index (χ4n) is 3.56. The zero-order chi connectivity index (χ0) is 16.4. The van der Waals surface area contributed by atoms with E-state index in [0.29, 0.717) is 16.8 Å². The molecular formula is C18H14N4OS. The first-order valence-corrected chi connectivity index (χ1v) is 8.11. The number of aryl methyl sites for hydroxylation is 1. The lowest BCUT2D eigenvalue weighted by Crippen LogP contribution is -2.22. The molecule has 2 aromatic heterocycles. The van der Waals surface area contributed by atoms with Crippen LogP contribution in [0.15, 0.2) is 48.2 Å². The number of nitrogens with one attached hydrogen (secondary N) is 1. The van der Waals surface area contributed by atoms with Gasteiger partial charge in [-0.1, -0.05) is 30.3 Å². The van der Waals surface area contributed by atoms with Gasteiger partial charge in [0.2, 0.25) is 10.9 Å². The van der Waals surface area contributed by atoms with E-state index < -0.39 is 0 Å². The van der Waals surface area contributed by atoms with Crippen LogP contribution in [0.1, 0.15) is 22.9 Å². The number of hydrogen-bond donors (Lipinski definition) is 2. The quantitative estimate of drug-likeness (QED) is 0.671. The second-order valence-electron chi connectivity index (χ2n) is 6.05. The van der Waals surface area contributed by atoms with E-state index in [1.807, 2.05) is 41.1 Å². The molecule has 0 saturated heterocycles. The van der Waals surface area contributed by atoms with Crippen LogP contribution in [0.5, 0.6) is 5.88 Å². The highest BCUT2D eigenvalue weighted by Crippen LogP contribution is 2.48. The fraction of sp³-hybridized carbons (Fsp3) is 0.111. The molecule has 2 aliphatic rings. The summed E-state index contributed by atoms with van der Waals surface area (Å²) < 4.78 is 7.79. The van der Waals surface area contributed by atoms with Gasteiger partial charge in [-0.15, -0.1) is 0 Å². The lowest BCUT2D eigenvalue weighted by molar-refractivity contribution is 0.515. The first-order chi connectivity index (χ1) is 11.6. The van der Waals surface area contributed by atoms with E-state index in [1.165, 1.54) is 5.56 Å². The summed E-state index contributed by atoms with van der Waals surface area (Å²) >= 11 is 5.45. The van der Waals surface area contributed by atoms with Crippen molar-refractivity contribution in [3.8, 4) is 17.3 Å². The van der Waals surface area contributed by atoms with Crippen molar-refractivity contribution in [2.24, 2.45) is 5.73 Å². The highest BCUT2D eigenvalue weighted by molar-refractivity contribution is 7.80. The largest absolute Gasteiger partial charge is 0.425 e. The fourth-order valence-corrected chi connectivity index (χ4v) is 3.86. The number of H-pyrrole nitrogens is 1. The molecule has 1 aromatic carbocycles. The van der Waals surface area contributed by atoms with Gasteiger partial charge in [-0.2, -0.15) is 4.98 Å². The van der Waals surface area contributed by atoms with E-state index in [0.717, 1.165) is 28.3 Å². The highest BCUT2D eigenvalue weighted by Gasteiger charge is 2.43. The van der Waals surface area contributed by atoms with Gasteiger partial charge in [0.05, 0.1) is 17.2 Å². The number of imidazole rings is 1. The molecule has 3 N–H and O–H groups in total. The zero-order valence-corrected chi connectivity index (χ0v) is 13.7. The molecular weight excluding hydrogens is 320 g/mol. The summed E-state index contributed by atoms with van der Waals surface area (Å²) in [4.78, 5) is 8.03. The van der Waals surface area contributed by atoms with E-state index in [-0.39, 0.29) is 5.92 Å². The third-order valence-corrected chi connectivity index (χ3v) is 4.98. The molecule has 0 saturated carbocycles. The van der Waals surface area contributed by atoms with Crippen LogP contribution in [0, 0.1) is 6.92 Å². The predicted molar refractivity (Wildman–Crippen MR) is 95.7 cm³/mol. The molecule has 6 heteroatoms. The van der Waals surface area contributed by atoms with E-state index in [4.69, 9.17) is 22.7 Å². The van der Waals surface area contributed by atoms with Gasteiger partial charge >= 0.3 is 0 Å².